The van der Waals surface area contributed by atoms with Gasteiger partial charge in [-0.25, -0.2) is 0 Å². The second kappa shape index (κ2) is 3.70. The minimum Gasteiger partial charge on any atom is -0.370 e. The lowest BCUT2D eigenvalue weighted by Gasteiger charge is -2.18. The van der Waals surface area contributed by atoms with Gasteiger partial charge >= 0.3 is 0 Å². The Labute approximate surface area is 80.6 Å². The molecule has 0 aromatic carbocycles. The molecule has 4 heteroatoms. The summed E-state index contributed by atoms with van der Waals surface area (Å²) in [5.41, 5.74) is 4.32. The van der Waals surface area contributed by atoms with Crippen LogP contribution in [-0.4, -0.2) is 12.2 Å². The molecule has 0 aliphatic heterocycles. The Balaban J connectivity index is 2.94. The first-order valence-electron chi connectivity index (χ1n) is 3.87. The Morgan fingerprint density at radius 3 is 2.85 bits per heavy atom. The van der Waals surface area contributed by atoms with Gasteiger partial charge < -0.3 is 10.5 Å². The van der Waals surface area contributed by atoms with Crippen molar-refractivity contribution in [1.29, 1.82) is 0 Å². The molecule has 1 unspecified atom stereocenters. The molecule has 0 bridgehead atoms. The van der Waals surface area contributed by atoms with Crippen molar-refractivity contribution in [2.75, 3.05) is 0 Å². The van der Waals surface area contributed by atoms with Gasteiger partial charge in [0.15, 0.2) is 0 Å². The Morgan fingerprint density at radius 1 is 1.77 bits per heavy atom. The third-order valence-corrected chi connectivity index (χ3v) is 3.04. The second-order valence-corrected chi connectivity index (χ2v) is 4.10. The van der Waals surface area contributed by atoms with E-state index in [-0.39, 0.29) is 6.42 Å². The summed E-state index contributed by atoms with van der Waals surface area (Å²) in [5, 5.41) is 1.87. The Morgan fingerprint density at radius 2 is 2.46 bits per heavy atom. The minimum absolute atomic E-state index is 0.0665. The lowest BCUT2D eigenvalue weighted by atomic mass is 9.87. The normalized spacial score (nSPS) is 14.8. The van der Waals surface area contributed by atoms with Crippen LogP contribution in [0.1, 0.15) is 18.2 Å². The molecule has 0 radical (unpaired) electrons. The number of nitrogens with two attached hydrogens (primary N) is 1. The molecule has 0 saturated carbocycles. The van der Waals surface area contributed by atoms with Crippen LogP contribution in [0.15, 0.2) is 17.5 Å². The summed E-state index contributed by atoms with van der Waals surface area (Å²) in [4.78, 5) is 22.5. The molecule has 1 rings (SSSR count). The van der Waals surface area contributed by atoms with Gasteiger partial charge in [-0.2, -0.15) is 0 Å². The highest BCUT2D eigenvalue weighted by molar-refractivity contribution is 7.10. The van der Waals surface area contributed by atoms with Crippen LogP contribution < -0.4 is 5.73 Å². The molecule has 1 aromatic rings. The lowest BCUT2D eigenvalue weighted by molar-refractivity contribution is -0.122. The lowest BCUT2D eigenvalue weighted by Crippen LogP contribution is -2.29. The molecule has 1 amide bonds. The molecule has 13 heavy (non-hydrogen) atoms. The van der Waals surface area contributed by atoms with Crippen LogP contribution in [0.3, 0.4) is 0 Å². The maximum Gasteiger partial charge on any atom is 0.218 e. The molecular weight excluding hydrogens is 186 g/mol. The molecule has 70 valence electrons. The average molecular weight is 197 g/mol. The van der Waals surface area contributed by atoms with E-state index in [1.54, 1.807) is 6.92 Å². The molecule has 0 aliphatic carbocycles. The van der Waals surface area contributed by atoms with Crippen LogP contribution in [0, 0.1) is 0 Å². The first-order valence-corrected chi connectivity index (χ1v) is 4.75. The number of amides is 1. The quantitative estimate of drug-likeness (QED) is 0.734. The monoisotopic (exact) mass is 197 g/mol. The highest BCUT2D eigenvalue weighted by atomic mass is 32.1. The SMILES string of the molecule is CC(C=O)(CC(N)=O)c1cccs1. The fraction of sp³-hybridized carbons (Fsp3) is 0.333. The summed E-state index contributed by atoms with van der Waals surface area (Å²) >= 11 is 1.46. The largest absolute Gasteiger partial charge is 0.370 e. The van der Waals surface area contributed by atoms with Crippen LogP contribution in [0.5, 0.6) is 0 Å². The van der Waals surface area contributed by atoms with Crippen molar-refractivity contribution in [2.45, 2.75) is 18.8 Å². The van der Waals surface area contributed by atoms with E-state index in [1.807, 2.05) is 17.5 Å². The van der Waals surface area contributed by atoms with Crippen LogP contribution in [-0.2, 0) is 15.0 Å². The molecule has 0 spiro atoms. The van der Waals surface area contributed by atoms with E-state index in [0.29, 0.717) is 0 Å². The predicted octanol–water partition coefficient (Wildman–Crippen LogP) is 1.08. The zero-order chi connectivity index (χ0) is 9.90. The van der Waals surface area contributed by atoms with E-state index in [1.165, 1.54) is 11.3 Å². The Kier molecular flexibility index (Phi) is 2.83. The highest BCUT2D eigenvalue weighted by Crippen LogP contribution is 2.28. The minimum atomic E-state index is -0.750. The second-order valence-electron chi connectivity index (χ2n) is 3.16. The van der Waals surface area contributed by atoms with E-state index in [0.717, 1.165) is 11.2 Å². The fourth-order valence-electron chi connectivity index (χ4n) is 1.15. The third kappa shape index (κ3) is 2.15. The van der Waals surface area contributed by atoms with Crippen molar-refractivity contribution in [3.8, 4) is 0 Å². The van der Waals surface area contributed by atoms with E-state index in [9.17, 15) is 9.59 Å². The molecule has 3 nitrogen and oxygen atoms in total. The zero-order valence-electron chi connectivity index (χ0n) is 7.32. The van der Waals surface area contributed by atoms with Gasteiger partial charge in [-0.15, -0.1) is 11.3 Å². The van der Waals surface area contributed by atoms with Crippen LogP contribution in [0.4, 0.5) is 0 Å². The maximum atomic E-state index is 10.9. The predicted molar refractivity (Wildman–Crippen MR) is 51.5 cm³/mol. The number of hydrogen-bond donors (Lipinski definition) is 1. The molecule has 0 fully saturated rings. The highest BCUT2D eigenvalue weighted by Gasteiger charge is 2.29. The smallest absolute Gasteiger partial charge is 0.218 e. The van der Waals surface area contributed by atoms with Crippen LogP contribution in [0.25, 0.3) is 0 Å². The molecular formula is C9H11NO2S. The fourth-order valence-corrected chi connectivity index (χ4v) is 2.00. The molecule has 1 aromatic heterocycles. The number of aldehydes is 1. The summed E-state index contributed by atoms with van der Waals surface area (Å²) in [6.07, 6.45) is 0.848. The number of primary amides is 1. The number of hydrogen-bond acceptors (Lipinski definition) is 3. The van der Waals surface area contributed by atoms with Gasteiger partial charge in [-0.3, -0.25) is 4.79 Å². The number of carbonyl (C=O) groups is 2. The topological polar surface area (TPSA) is 60.2 Å². The van der Waals surface area contributed by atoms with Crippen molar-refractivity contribution < 1.29 is 9.59 Å². The first kappa shape index (κ1) is 9.92. The standard InChI is InChI=1S/C9H11NO2S/c1-9(6-11,5-8(10)12)7-3-2-4-13-7/h2-4,6H,5H2,1H3,(H2,10,12). The van der Waals surface area contributed by atoms with Gasteiger partial charge in [0, 0.05) is 11.3 Å². The van der Waals surface area contributed by atoms with Crippen LogP contribution in [0.2, 0.25) is 0 Å². The van der Waals surface area contributed by atoms with E-state index in [4.69, 9.17) is 5.73 Å². The van der Waals surface area contributed by atoms with Crippen molar-refractivity contribution >= 4 is 23.5 Å². The molecule has 1 heterocycles. The van der Waals surface area contributed by atoms with Gasteiger partial charge in [-0.1, -0.05) is 6.07 Å². The Bertz CT molecular complexity index is 307. The maximum absolute atomic E-state index is 10.9. The number of thiophene rings is 1. The first-order chi connectivity index (χ1) is 6.08. The average Bonchev–Trinajstić information content (AvgIpc) is 2.55. The van der Waals surface area contributed by atoms with E-state index >= 15 is 0 Å². The molecule has 0 aliphatic rings. The molecule has 1 atom stereocenters. The van der Waals surface area contributed by atoms with Gasteiger partial charge in [0.05, 0.1) is 5.41 Å². The Hall–Kier alpha value is -1.16. The molecule has 2 N–H and O–H groups in total. The van der Waals surface area contributed by atoms with Crippen molar-refractivity contribution in [1.82, 2.24) is 0 Å². The summed E-state index contributed by atoms with van der Waals surface area (Å²) in [5.74, 6) is -0.456. The zero-order valence-corrected chi connectivity index (χ0v) is 8.14. The summed E-state index contributed by atoms with van der Waals surface area (Å²) in [6, 6.07) is 3.69. The molecule has 0 saturated heterocycles. The summed E-state index contributed by atoms with van der Waals surface area (Å²) in [6.45, 7) is 1.72. The third-order valence-electron chi connectivity index (χ3n) is 1.89. The van der Waals surface area contributed by atoms with Gasteiger partial charge in [-0.05, 0) is 18.4 Å². The van der Waals surface area contributed by atoms with Crippen LogP contribution >= 0.6 is 11.3 Å². The van der Waals surface area contributed by atoms with Gasteiger partial charge in [0.25, 0.3) is 0 Å². The van der Waals surface area contributed by atoms with Gasteiger partial charge in [0.1, 0.15) is 6.29 Å². The summed E-state index contributed by atoms with van der Waals surface area (Å²) < 4.78 is 0. The van der Waals surface area contributed by atoms with E-state index in [2.05, 4.69) is 0 Å². The number of carbonyl (C=O) groups excluding carboxylic acids is 2. The summed E-state index contributed by atoms with van der Waals surface area (Å²) in [7, 11) is 0. The van der Waals surface area contributed by atoms with Crippen molar-refractivity contribution in [3.63, 3.8) is 0 Å². The number of rotatable bonds is 4. The van der Waals surface area contributed by atoms with Crippen molar-refractivity contribution in [2.24, 2.45) is 5.73 Å². The van der Waals surface area contributed by atoms with Crippen molar-refractivity contribution in [3.05, 3.63) is 22.4 Å². The van der Waals surface area contributed by atoms with E-state index < -0.39 is 11.3 Å². The van der Waals surface area contributed by atoms with Gasteiger partial charge in [0.2, 0.25) is 5.91 Å².